The van der Waals surface area contributed by atoms with Crippen molar-refractivity contribution in [2.24, 2.45) is 23.3 Å². The highest BCUT2D eigenvalue weighted by molar-refractivity contribution is 7.98. The van der Waals surface area contributed by atoms with E-state index >= 15 is 0 Å². The quantitative estimate of drug-likeness (QED) is 0.0339. The van der Waals surface area contributed by atoms with Gasteiger partial charge in [0.1, 0.15) is 42.3 Å². The van der Waals surface area contributed by atoms with Crippen LogP contribution in [0.2, 0.25) is 0 Å². The highest BCUT2D eigenvalue weighted by Crippen LogP contribution is 2.20. The van der Waals surface area contributed by atoms with E-state index in [4.69, 9.17) is 11.5 Å². The van der Waals surface area contributed by atoms with Gasteiger partial charge in [0.2, 0.25) is 41.4 Å². The highest BCUT2D eigenvalue weighted by Gasteiger charge is 2.39. The van der Waals surface area contributed by atoms with Crippen LogP contribution in [-0.4, -0.2) is 148 Å². The molecule has 332 valence electrons. The lowest BCUT2D eigenvalue weighted by Crippen LogP contribution is -2.61. The lowest BCUT2D eigenvalue weighted by molar-refractivity contribution is -0.142. The summed E-state index contributed by atoms with van der Waals surface area (Å²) in [5.41, 5.74) is 11.7. The second kappa shape index (κ2) is 26.4. The van der Waals surface area contributed by atoms with E-state index in [0.717, 1.165) is 0 Å². The standard InChI is InChI=1S/C37H67N9O10S2/c1-19(2)17-25(32(50)44-26(18-57)37(55)56)43-35(53)29(22(6)47)45-31(49)23(11-8-9-14-38)41-33(51)27-12-10-15-46(27)36(54)21(5)40-30(48)24(13-16-58-7)42-34(52)28(39)20(3)4/h19-29,47,57H,8-18,38-39H2,1-7H3,(H,40,48)(H,41,51)(H,42,52)(H,43,53)(H,44,50)(H,45,49)(H,55,56)/t21-,22+,23-,24-,25-,26-,27-,28-,29-/m0/s1. The third-order valence-electron chi connectivity index (χ3n) is 9.61. The molecule has 0 aliphatic carbocycles. The summed E-state index contributed by atoms with van der Waals surface area (Å²) in [5, 5.41) is 35.3. The van der Waals surface area contributed by atoms with Gasteiger partial charge in [-0.2, -0.15) is 24.4 Å². The number of thioether (sulfide) groups is 1. The Kier molecular flexibility index (Phi) is 23.9. The molecule has 1 rings (SSSR count). The number of rotatable bonds is 26. The Morgan fingerprint density at radius 2 is 1.34 bits per heavy atom. The van der Waals surface area contributed by atoms with Crippen LogP contribution in [0.25, 0.3) is 0 Å². The minimum atomic E-state index is -1.58. The van der Waals surface area contributed by atoms with E-state index < -0.39 is 102 Å². The molecule has 0 spiro atoms. The second-order valence-corrected chi connectivity index (χ2v) is 16.7. The number of carbonyl (C=O) groups is 8. The van der Waals surface area contributed by atoms with E-state index in [1.165, 1.54) is 30.5 Å². The molecule has 0 saturated carbocycles. The van der Waals surface area contributed by atoms with E-state index in [-0.39, 0.29) is 43.4 Å². The number of hydrogen-bond donors (Lipinski definition) is 11. The lowest BCUT2D eigenvalue weighted by atomic mass is 10.0. The Balaban J connectivity index is 3.17. The molecule has 0 aromatic heterocycles. The van der Waals surface area contributed by atoms with Gasteiger partial charge >= 0.3 is 5.97 Å². The van der Waals surface area contributed by atoms with Crippen LogP contribution in [0.1, 0.15) is 86.5 Å². The van der Waals surface area contributed by atoms with Crippen LogP contribution in [-0.2, 0) is 38.4 Å². The fraction of sp³-hybridized carbons (Fsp3) is 0.784. The van der Waals surface area contributed by atoms with Crippen LogP contribution in [0.5, 0.6) is 0 Å². The number of nitrogens with zero attached hydrogens (tertiary/aromatic N) is 1. The lowest BCUT2D eigenvalue weighted by Gasteiger charge is -2.30. The van der Waals surface area contributed by atoms with Crippen LogP contribution < -0.4 is 43.4 Å². The predicted octanol–water partition coefficient (Wildman–Crippen LogP) is -1.79. The van der Waals surface area contributed by atoms with Crippen molar-refractivity contribution in [3.05, 3.63) is 0 Å². The van der Waals surface area contributed by atoms with Gasteiger partial charge in [0.15, 0.2) is 0 Å². The zero-order chi connectivity index (χ0) is 44.3. The predicted molar refractivity (Wildman–Crippen MR) is 223 cm³/mol. The number of aliphatic hydroxyl groups excluding tert-OH is 1. The number of nitrogens with two attached hydrogens (primary N) is 2. The largest absolute Gasteiger partial charge is 0.480 e. The molecule has 0 unspecified atom stereocenters. The third kappa shape index (κ3) is 17.3. The molecule has 0 aromatic carbocycles. The van der Waals surface area contributed by atoms with Crippen molar-refractivity contribution in [1.82, 2.24) is 36.8 Å². The average Bonchev–Trinajstić information content (AvgIpc) is 3.65. The van der Waals surface area contributed by atoms with Gasteiger partial charge in [-0.15, -0.1) is 0 Å². The van der Waals surface area contributed by atoms with Crippen molar-refractivity contribution in [3.8, 4) is 0 Å². The first-order valence-electron chi connectivity index (χ1n) is 19.8. The fourth-order valence-corrected chi connectivity index (χ4v) is 6.83. The van der Waals surface area contributed by atoms with Crippen molar-refractivity contribution in [2.45, 2.75) is 141 Å². The molecule has 0 bridgehead atoms. The minimum absolute atomic E-state index is 0.0956. The number of thiol groups is 1. The smallest absolute Gasteiger partial charge is 0.327 e. The summed E-state index contributed by atoms with van der Waals surface area (Å²) in [6, 6.07) is -9.18. The zero-order valence-corrected chi connectivity index (χ0v) is 36.5. The Bertz CT molecular complexity index is 1410. The monoisotopic (exact) mass is 861 g/mol. The van der Waals surface area contributed by atoms with E-state index in [0.29, 0.717) is 38.0 Å². The first kappa shape index (κ1) is 52.4. The van der Waals surface area contributed by atoms with Gasteiger partial charge in [-0.3, -0.25) is 33.6 Å². The van der Waals surface area contributed by atoms with Crippen molar-refractivity contribution < 1.29 is 48.6 Å². The number of carboxylic acid groups (broad SMARTS) is 1. The summed E-state index contributed by atoms with van der Waals surface area (Å²) in [5.74, 6) is -6.04. The van der Waals surface area contributed by atoms with Crippen LogP contribution in [0, 0.1) is 11.8 Å². The molecule has 0 radical (unpaired) electrons. The Morgan fingerprint density at radius 3 is 1.88 bits per heavy atom. The van der Waals surface area contributed by atoms with Crippen molar-refractivity contribution in [3.63, 3.8) is 0 Å². The number of nitrogens with one attached hydrogen (secondary N) is 6. The second-order valence-electron chi connectivity index (χ2n) is 15.4. The van der Waals surface area contributed by atoms with E-state index in [2.05, 4.69) is 44.5 Å². The Hall–Kier alpha value is -3.66. The molecule has 1 saturated heterocycles. The van der Waals surface area contributed by atoms with Crippen molar-refractivity contribution >= 4 is 71.7 Å². The molecule has 0 aromatic rings. The average molecular weight is 862 g/mol. The summed E-state index contributed by atoms with van der Waals surface area (Å²) in [7, 11) is 0. The number of aliphatic hydroxyl groups is 1. The normalized spacial score (nSPS) is 18.2. The maximum Gasteiger partial charge on any atom is 0.327 e. The van der Waals surface area contributed by atoms with E-state index in [9.17, 15) is 48.6 Å². The first-order valence-corrected chi connectivity index (χ1v) is 21.8. The topological polar surface area (TPSA) is 304 Å². The van der Waals surface area contributed by atoms with Gasteiger partial charge in [0.25, 0.3) is 0 Å². The summed E-state index contributed by atoms with van der Waals surface area (Å²) in [4.78, 5) is 106. The maximum atomic E-state index is 13.8. The summed E-state index contributed by atoms with van der Waals surface area (Å²) >= 11 is 5.44. The summed E-state index contributed by atoms with van der Waals surface area (Å²) < 4.78 is 0. The molecule has 7 amide bonds. The van der Waals surface area contributed by atoms with Crippen LogP contribution >= 0.6 is 24.4 Å². The van der Waals surface area contributed by atoms with Gasteiger partial charge in [-0.25, -0.2) is 4.79 Å². The molecular formula is C37H67N9O10S2. The third-order valence-corrected chi connectivity index (χ3v) is 10.6. The molecule has 1 heterocycles. The highest BCUT2D eigenvalue weighted by atomic mass is 32.2. The first-order chi connectivity index (χ1) is 27.2. The maximum absolute atomic E-state index is 13.8. The van der Waals surface area contributed by atoms with Gasteiger partial charge in [-0.1, -0.05) is 27.7 Å². The molecule has 58 heavy (non-hydrogen) atoms. The van der Waals surface area contributed by atoms with E-state index in [1.54, 1.807) is 27.7 Å². The van der Waals surface area contributed by atoms with E-state index in [1.807, 2.05) is 6.26 Å². The van der Waals surface area contributed by atoms with Crippen LogP contribution in [0.3, 0.4) is 0 Å². The number of amides is 7. The molecule has 9 atom stereocenters. The van der Waals surface area contributed by atoms with Gasteiger partial charge in [0.05, 0.1) is 12.1 Å². The van der Waals surface area contributed by atoms with Crippen molar-refractivity contribution in [2.75, 3.05) is 30.9 Å². The number of carboxylic acids is 1. The van der Waals surface area contributed by atoms with Gasteiger partial charge in [-0.05, 0) is 89.2 Å². The summed E-state index contributed by atoms with van der Waals surface area (Å²) in [6.45, 7) is 10.4. The van der Waals surface area contributed by atoms with Crippen molar-refractivity contribution in [1.29, 1.82) is 0 Å². The molecular weight excluding hydrogens is 795 g/mol. The number of aliphatic carboxylic acids is 1. The minimum Gasteiger partial charge on any atom is -0.480 e. The number of hydrogen-bond acceptors (Lipinski definition) is 13. The number of likely N-dealkylation sites (tertiary alicyclic amines) is 1. The summed E-state index contributed by atoms with van der Waals surface area (Å²) in [6.07, 6.45) is 2.53. The molecule has 1 aliphatic heterocycles. The van der Waals surface area contributed by atoms with Gasteiger partial charge in [0, 0.05) is 12.3 Å². The number of unbranched alkanes of at least 4 members (excludes halogenated alkanes) is 1. The fourth-order valence-electron chi connectivity index (χ4n) is 6.11. The Morgan fingerprint density at radius 1 is 0.776 bits per heavy atom. The molecule has 12 N–H and O–H groups in total. The SMILES string of the molecule is CSCC[C@H](NC(=O)[C@@H](N)C(C)C)C(=O)N[C@@H](C)C(=O)N1CCC[C@H]1C(=O)N[C@@H](CCCCN)C(=O)N[C@H](C(=O)N[C@@H](CC(C)C)C(=O)N[C@@H](CS)C(=O)O)[C@@H](C)O. The number of carbonyl (C=O) groups excluding carboxylic acids is 7. The van der Waals surface area contributed by atoms with Crippen LogP contribution in [0.4, 0.5) is 0 Å². The van der Waals surface area contributed by atoms with Gasteiger partial charge < -0.3 is 58.5 Å². The Labute approximate surface area is 351 Å². The molecule has 19 nitrogen and oxygen atoms in total. The van der Waals surface area contributed by atoms with Crippen LogP contribution in [0.15, 0.2) is 0 Å². The molecule has 1 aliphatic rings. The molecule has 1 fully saturated rings. The zero-order valence-electron chi connectivity index (χ0n) is 34.7. The molecule has 21 heteroatoms.